The van der Waals surface area contributed by atoms with Crippen molar-refractivity contribution in [2.75, 3.05) is 12.4 Å². The molecule has 1 saturated carbocycles. The van der Waals surface area contributed by atoms with E-state index in [9.17, 15) is 15.2 Å². The van der Waals surface area contributed by atoms with Crippen LogP contribution in [0.4, 0.5) is 5.69 Å². The van der Waals surface area contributed by atoms with Crippen LogP contribution in [0.2, 0.25) is 0 Å². The molecular formula is C23H24N4O3. The normalized spacial score (nSPS) is 18.7. The van der Waals surface area contributed by atoms with Crippen LogP contribution in [-0.4, -0.2) is 40.1 Å². The third kappa shape index (κ3) is 3.62. The Labute approximate surface area is 174 Å². The van der Waals surface area contributed by atoms with Crippen molar-refractivity contribution in [2.45, 2.75) is 44.8 Å². The Kier molecular flexibility index (Phi) is 5.42. The lowest BCUT2D eigenvalue weighted by molar-refractivity contribution is 0.0603. The van der Waals surface area contributed by atoms with Crippen LogP contribution in [0, 0.1) is 18.3 Å². The number of rotatable bonds is 4. The molecule has 0 saturated heterocycles. The topological polar surface area (TPSA) is 100 Å². The molecular weight excluding hydrogens is 380 g/mol. The summed E-state index contributed by atoms with van der Waals surface area (Å²) in [5, 5.41) is 28.2. The van der Waals surface area contributed by atoms with Gasteiger partial charge < -0.3 is 15.2 Å². The minimum absolute atomic E-state index is 0.220. The second kappa shape index (κ2) is 8.17. The van der Waals surface area contributed by atoms with Crippen LogP contribution in [-0.2, 0) is 4.74 Å². The molecule has 1 heterocycles. The Morgan fingerprint density at radius 2 is 2.03 bits per heavy atom. The van der Waals surface area contributed by atoms with E-state index in [1.165, 1.54) is 7.11 Å². The minimum atomic E-state index is -0.398. The van der Waals surface area contributed by atoms with Crippen molar-refractivity contribution in [3.05, 3.63) is 53.2 Å². The Morgan fingerprint density at radius 3 is 2.73 bits per heavy atom. The number of carbonyl (C=O) groups is 1. The molecule has 0 atom stereocenters. The Bertz CT molecular complexity index is 1140. The maximum atomic E-state index is 12.2. The van der Waals surface area contributed by atoms with Crippen molar-refractivity contribution in [1.82, 2.24) is 9.78 Å². The van der Waals surface area contributed by atoms with Gasteiger partial charge in [-0.1, -0.05) is 6.07 Å². The molecule has 0 bridgehead atoms. The molecule has 30 heavy (non-hydrogen) atoms. The van der Waals surface area contributed by atoms with Crippen LogP contribution < -0.4 is 5.32 Å². The number of esters is 1. The van der Waals surface area contributed by atoms with E-state index in [0.717, 1.165) is 53.7 Å². The highest BCUT2D eigenvalue weighted by Crippen LogP contribution is 2.29. The van der Waals surface area contributed by atoms with Gasteiger partial charge in [0, 0.05) is 11.4 Å². The molecule has 0 spiro atoms. The van der Waals surface area contributed by atoms with E-state index in [4.69, 9.17) is 4.74 Å². The van der Waals surface area contributed by atoms with E-state index in [0.29, 0.717) is 11.1 Å². The maximum Gasteiger partial charge on any atom is 0.338 e. The lowest BCUT2D eigenvalue weighted by Crippen LogP contribution is -2.28. The molecule has 0 unspecified atom stereocenters. The first kappa shape index (κ1) is 19.9. The molecule has 7 heteroatoms. The molecule has 0 aliphatic heterocycles. The number of carbonyl (C=O) groups excluding carboxylic acids is 1. The maximum absolute atomic E-state index is 12.2. The van der Waals surface area contributed by atoms with Crippen LogP contribution in [0.25, 0.3) is 16.6 Å². The summed E-state index contributed by atoms with van der Waals surface area (Å²) in [6.45, 7) is 1.86. The summed E-state index contributed by atoms with van der Waals surface area (Å²) in [6.07, 6.45) is 3.02. The molecule has 2 N–H and O–H groups in total. The van der Waals surface area contributed by atoms with Gasteiger partial charge in [0.05, 0.1) is 46.9 Å². The number of aryl methyl sites for hydroxylation is 1. The van der Waals surface area contributed by atoms with Crippen LogP contribution in [0.5, 0.6) is 0 Å². The van der Waals surface area contributed by atoms with E-state index in [1.54, 1.807) is 16.8 Å². The number of fused-ring (bicyclic) bond motifs is 1. The van der Waals surface area contributed by atoms with E-state index < -0.39 is 5.97 Å². The molecule has 1 aliphatic carbocycles. The smallest absolute Gasteiger partial charge is 0.338 e. The van der Waals surface area contributed by atoms with Gasteiger partial charge in [0.25, 0.3) is 0 Å². The molecule has 0 amide bonds. The quantitative estimate of drug-likeness (QED) is 0.643. The van der Waals surface area contributed by atoms with Crippen LogP contribution in [0.3, 0.4) is 0 Å². The monoisotopic (exact) mass is 404 g/mol. The van der Waals surface area contributed by atoms with Gasteiger partial charge >= 0.3 is 5.97 Å². The van der Waals surface area contributed by atoms with E-state index in [2.05, 4.69) is 16.5 Å². The number of ether oxygens (including phenoxy) is 1. The summed E-state index contributed by atoms with van der Waals surface area (Å²) in [4.78, 5) is 12.2. The number of nitrogens with zero attached hydrogens (tertiary/aromatic N) is 3. The highest BCUT2D eigenvalue weighted by molar-refractivity contribution is 6.05. The van der Waals surface area contributed by atoms with Gasteiger partial charge in [-0.15, -0.1) is 0 Å². The number of methoxy groups -OCH3 is 1. The Hall–Kier alpha value is -3.37. The van der Waals surface area contributed by atoms with Gasteiger partial charge in [-0.25, -0.2) is 9.48 Å². The SMILES string of the molecule is COC(=O)c1cccc2c1c(C)nn2-c1ccc(C#N)c(NC2CCC(O)CC2)c1. The molecule has 1 aromatic heterocycles. The predicted molar refractivity (Wildman–Crippen MR) is 114 cm³/mol. The summed E-state index contributed by atoms with van der Waals surface area (Å²) in [5.74, 6) is -0.398. The fourth-order valence-electron chi connectivity index (χ4n) is 4.15. The molecule has 2 aromatic carbocycles. The molecule has 3 aromatic rings. The van der Waals surface area contributed by atoms with Gasteiger partial charge in [-0.05, 0) is 62.9 Å². The number of nitrogens with one attached hydrogen (secondary N) is 1. The fraction of sp³-hybridized carbons (Fsp3) is 0.348. The van der Waals surface area contributed by atoms with E-state index >= 15 is 0 Å². The molecule has 4 rings (SSSR count). The largest absolute Gasteiger partial charge is 0.465 e. The molecule has 1 aliphatic rings. The van der Waals surface area contributed by atoms with Gasteiger partial charge in [0.2, 0.25) is 0 Å². The number of aliphatic hydroxyl groups excluding tert-OH is 1. The highest BCUT2D eigenvalue weighted by Gasteiger charge is 2.21. The number of hydrogen-bond acceptors (Lipinski definition) is 6. The number of nitriles is 1. The first-order chi connectivity index (χ1) is 14.5. The minimum Gasteiger partial charge on any atom is -0.465 e. The second-order valence-electron chi connectivity index (χ2n) is 7.68. The standard InChI is InChI=1S/C23H24N4O3/c1-14-22-19(23(29)30-2)4-3-5-21(22)27(26-14)17-9-6-15(13-24)20(12-17)25-16-7-10-18(28)11-8-16/h3-6,9,12,16,18,25,28H,7-8,10-11H2,1-2H3. The van der Waals surface area contributed by atoms with Crippen molar-refractivity contribution in [2.24, 2.45) is 0 Å². The summed E-state index contributed by atoms with van der Waals surface area (Å²) >= 11 is 0. The van der Waals surface area contributed by atoms with E-state index in [-0.39, 0.29) is 12.1 Å². The third-order valence-corrected chi connectivity index (χ3v) is 5.71. The van der Waals surface area contributed by atoms with Crippen molar-refractivity contribution >= 4 is 22.6 Å². The van der Waals surface area contributed by atoms with Gasteiger partial charge in [-0.3, -0.25) is 0 Å². The number of hydrogen-bond donors (Lipinski definition) is 2. The van der Waals surface area contributed by atoms with Gasteiger partial charge in [0.1, 0.15) is 6.07 Å². The van der Waals surface area contributed by atoms with Crippen LogP contribution >= 0.6 is 0 Å². The number of anilines is 1. The number of aliphatic hydroxyl groups is 1. The lowest BCUT2D eigenvalue weighted by atomic mass is 9.93. The highest BCUT2D eigenvalue weighted by atomic mass is 16.5. The molecule has 1 fully saturated rings. The first-order valence-corrected chi connectivity index (χ1v) is 10.1. The molecule has 154 valence electrons. The van der Waals surface area contributed by atoms with Crippen LogP contribution in [0.15, 0.2) is 36.4 Å². The Balaban J connectivity index is 1.75. The second-order valence-corrected chi connectivity index (χ2v) is 7.68. The summed E-state index contributed by atoms with van der Waals surface area (Å²) in [7, 11) is 1.36. The van der Waals surface area contributed by atoms with Crippen molar-refractivity contribution in [3.63, 3.8) is 0 Å². The van der Waals surface area contributed by atoms with Gasteiger partial charge in [-0.2, -0.15) is 10.4 Å². The van der Waals surface area contributed by atoms with Gasteiger partial charge in [0.15, 0.2) is 0 Å². The zero-order valence-corrected chi connectivity index (χ0v) is 17.1. The zero-order chi connectivity index (χ0) is 21.3. The average molecular weight is 404 g/mol. The Morgan fingerprint density at radius 1 is 1.27 bits per heavy atom. The van der Waals surface area contributed by atoms with Crippen molar-refractivity contribution in [1.29, 1.82) is 5.26 Å². The van der Waals surface area contributed by atoms with E-state index in [1.807, 2.05) is 31.2 Å². The fourth-order valence-corrected chi connectivity index (χ4v) is 4.15. The van der Waals surface area contributed by atoms with Crippen molar-refractivity contribution in [3.8, 4) is 11.8 Å². The third-order valence-electron chi connectivity index (χ3n) is 5.71. The van der Waals surface area contributed by atoms with Crippen LogP contribution in [0.1, 0.15) is 47.3 Å². The summed E-state index contributed by atoms with van der Waals surface area (Å²) < 4.78 is 6.70. The number of aromatic nitrogens is 2. The zero-order valence-electron chi connectivity index (χ0n) is 17.1. The first-order valence-electron chi connectivity index (χ1n) is 10.1. The molecule has 0 radical (unpaired) electrons. The van der Waals surface area contributed by atoms with Crippen molar-refractivity contribution < 1.29 is 14.6 Å². The predicted octanol–water partition coefficient (Wildman–Crippen LogP) is 3.71. The summed E-state index contributed by atoms with van der Waals surface area (Å²) in [6, 6.07) is 13.5. The molecule has 7 nitrogen and oxygen atoms in total. The average Bonchev–Trinajstić information content (AvgIpc) is 3.11. The lowest BCUT2D eigenvalue weighted by Gasteiger charge is -2.27. The summed E-state index contributed by atoms with van der Waals surface area (Å²) in [5.41, 5.74) is 4.12. The number of benzene rings is 2.